The summed E-state index contributed by atoms with van der Waals surface area (Å²) in [5.74, 6) is -0.0362. The highest BCUT2D eigenvalue weighted by molar-refractivity contribution is 14.1. The maximum atomic E-state index is 12.7. The molecule has 0 atom stereocenters. The van der Waals surface area contributed by atoms with E-state index in [0.29, 0.717) is 12.3 Å². The zero-order valence-electron chi connectivity index (χ0n) is 16.3. The van der Waals surface area contributed by atoms with Crippen molar-refractivity contribution in [1.29, 1.82) is 0 Å². The van der Waals surface area contributed by atoms with Crippen LogP contribution in [0.15, 0.2) is 78.4 Å². The molecule has 3 aromatic rings. The molecule has 1 fully saturated rings. The third-order valence-electron chi connectivity index (χ3n) is 4.69. The minimum atomic E-state index is -0.418. The first-order valence-electron chi connectivity index (χ1n) is 9.41. The molecule has 0 aliphatic carbocycles. The van der Waals surface area contributed by atoms with Crippen molar-refractivity contribution in [3.63, 3.8) is 0 Å². The number of hydrogen-bond acceptors (Lipinski definition) is 3. The van der Waals surface area contributed by atoms with Crippen molar-refractivity contribution in [2.75, 3.05) is 5.01 Å². The Kier molecular flexibility index (Phi) is 5.85. The molecule has 0 saturated carbocycles. The standard InChI is InChI=1S/C24H19IN2O3/c1-16-7-9-17(10-8-16)15-30-22-12-11-18(14-21(22)25)13-20-23(28)26-27(24(20)29)19-5-3-2-4-6-19/h2-14H,15H2,1H3,(H,26,28)/b20-13-. The summed E-state index contributed by atoms with van der Waals surface area (Å²) in [7, 11) is 0. The van der Waals surface area contributed by atoms with Gasteiger partial charge in [-0.05, 0) is 71.0 Å². The van der Waals surface area contributed by atoms with E-state index in [0.717, 1.165) is 20.4 Å². The number of aryl methyl sites for hydroxylation is 1. The summed E-state index contributed by atoms with van der Waals surface area (Å²) in [6.07, 6.45) is 1.60. The first-order valence-corrected chi connectivity index (χ1v) is 10.5. The van der Waals surface area contributed by atoms with Gasteiger partial charge in [-0.1, -0.05) is 54.1 Å². The van der Waals surface area contributed by atoms with Crippen LogP contribution in [0, 0.1) is 10.5 Å². The molecule has 0 unspecified atom stereocenters. The zero-order chi connectivity index (χ0) is 21.1. The Balaban J connectivity index is 1.50. The topological polar surface area (TPSA) is 58.6 Å². The van der Waals surface area contributed by atoms with E-state index in [1.807, 2.05) is 48.5 Å². The van der Waals surface area contributed by atoms with Gasteiger partial charge in [0.15, 0.2) is 0 Å². The molecule has 30 heavy (non-hydrogen) atoms. The van der Waals surface area contributed by atoms with Crippen LogP contribution in [-0.2, 0) is 16.2 Å². The van der Waals surface area contributed by atoms with Crippen LogP contribution in [-0.4, -0.2) is 11.8 Å². The van der Waals surface area contributed by atoms with Gasteiger partial charge in [0.1, 0.15) is 17.9 Å². The average molecular weight is 510 g/mol. The summed E-state index contributed by atoms with van der Waals surface area (Å²) >= 11 is 2.19. The number of carbonyl (C=O) groups is 2. The number of anilines is 1. The smallest absolute Gasteiger partial charge is 0.282 e. The van der Waals surface area contributed by atoms with Gasteiger partial charge in [0.2, 0.25) is 0 Å². The van der Waals surface area contributed by atoms with E-state index >= 15 is 0 Å². The zero-order valence-corrected chi connectivity index (χ0v) is 18.4. The van der Waals surface area contributed by atoms with Crippen LogP contribution in [0.2, 0.25) is 0 Å². The first-order chi connectivity index (χ1) is 14.5. The van der Waals surface area contributed by atoms with Gasteiger partial charge in [0.05, 0.1) is 9.26 Å². The van der Waals surface area contributed by atoms with E-state index in [9.17, 15) is 9.59 Å². The van der Waals surface area contributed by atoms with Crippen LogP contribution in [0.4, 0.5) is 5.69 Å². The maximum absolute atomic E-state index is 12.7. The number of ether oxygens (including phenoxy) is 1. The number of rotatable bonds is 5. The Hall–Kier alpha value is -3.13. The minimum absolute atomic E-state index is 0.1000. The summed E-state index contributed by atoms with van der Waals surface area (Å²) in [6.45, 7) is 2.53. The minimum Gasteiger partial charge on any atom is -0.488 e. The Labute approximate surface area is 188 Å². The SMILES string of the molecule is Cc1ccc(COc2ccc(/C=C3/C(=O)NN(c4ccccc4)C3=O)cc2I)cc1. The van der Waals surface area contributed by atoms with Gasteiger partial charge < -0.3 is 4.74 Å². The molecular formula is C24H19IN2O3. The highest BCUT2D eigenvalue weighted by Gasteiger charge is 2.34. The Morgan fingerprint density at radius 1 is 1.00 bits per heavy atom. The Morgan fingerprint density at radius 3 is 2.43 bits per heavy atom. The van der Waals surface area contributed by atoms with Crippen LogP contribution in [0.3, 0.4) is 0 Å². The lowest BCUT2D eigenvalue weighted by atomic mass is 10.1. The van der Waals surface area contributed by atoms with E-state index in [4.69, 9.17) is 4.74 Å². The lowest BCUT2D eigenvalue weighted by Gasteiger charge is -2.13. The van der Waals surface area contributed by atoms with E-state index in [-0.39, 0.29) is 11.5 Å². The molecule has 4 rings (SSSR count). The average Bonchev–Trinajstić information content (AvgIpc) is 3.03. The van der Waals surface area contributed by atoms with Crippen LogP contribution >= 0.6 is 22.6 Å². The predicted molar refractivity (Wildman–Crippen MR) is 125 cm³/mol. The summed E-state index contributed by atoms with van der Waals surface area (Å²) in [4.78, 5) is 25.0. The predicted octanol–water partition coefficient (Wildman–Crippen LogP) is 4.64. The van der Waals surface area contributed by atoms with Gasteiger partial charge in [0, 0.05) is 0 Å². The second-order valence-electron chi connectivity index (χ2n) is 6.94. The van der Waals surface area contributed by atoms with Crippen molar-refractivity contribution >= 4 is 46.2 Å². The number of benzene rings is 3. The summed E-state index contributed by atoms with van der Waals surface area (Å²) in [5, 5.41) is 1.26. The van der Waals surface area contributed by atoms with Gasteiger partial charge in [-0.25, -0.2) is 5.01 Å². The molecule has 0 spiro atoms. The van der Waals surface area contributed by atoms with Crippen molar-refractivity contribution in [2.45, 2.75) is 13.5 Å². The molecule has 1 aliphatic heterocycles. The molecule has 0 bridgehead atoms. The molecule has 1 aliphatic rings. The number of hydrogen-bond donors (Lipinski definition) is 1. The fourth-order valence-corrected chi connectivity index (χ4v) is 3.75. The normalized spacial score (nSPS) is 14.9. The highest BCUT2D eigenvalue weighted by Crippen LogP contribution is 2.26. The van der Waals surface area contributed by atoms with Crippen molar-refractivity contribution in [1.82, 2.24) is 5.43 Å². The molecule has 0 aromatic heterocycles. The van der Waals surface area contributed by atoms with Crippen LogP contribution in [0.5, 0.6) is 5.75 Å². The van der Waals surface area contributed by atoms with Gasteiger partial charge in [0.25, 0.3) is 11.8 Å². The van der Waals surface area contributed by atoms with E-state index < -0.39 is 5.91 Å². The second kappa shape index (κ2) is 8.71. The summed E-state index contributed by atoms with van der Waals surface area (Å²) in [6, 6.07) is 22.8. The number of para-hydroxylation sites is 1. The third kappa shape index (κ3) is 4.38. The maximum Gasteiger partial charge on any atom is 0.282 e. The quantitative estimate of drug-likeness (QED) is 0.309. The fraction of sp³-hybridized carbons (Fsp3) is 0.0833. The van der Waals surface area contributed by atoms with E-state index in [1.165, 1.54) is 10.6 Å². The first kappa shape index (κ1) is 20.2. The lowest BCUT2D eigenvalue weighted by molar-refractivity contribution is -0.117. The van der Waals surface area contributed by atoms with Crippen molar-refractivity contribution in [3.05, 3.63) is 98.6 Å². The third-order valence-corrected chi connectivity index (χ3v) is 5.53. The number of carbonyl (C=O) groups excluding carboxylic acids is 2. The largest absolute Gasteiger partial charge is 0.488 e. The Bertz CT molecular complexity index is 1120. The number of amides is 2. The molecule has 1 N–H and O–H groups in total. The number of nitrogens with zero attached hydrogens (tertiary/aromatic N) is 1. The van der Waals surface area contributed by atoms with Crippen molar-refractivity contribution < 1.29 is 14.3 Å². The monoisotopic (exact) mass is 510 g/mol. The van der Waals surface area contributed by atoms with Crippen molar-refractivity contribution in [3.8, 4) is 5.75 Å². The Morgan fingerprint density at radius 2 is 1.73 bits per heavy atom. The molecule has 2 amide bonds. The van der Waals surface area contributed by atoms with Gasteiger partial charge in [-0.15, -0.1) is 0 Å². The van der Waals surface area contributed by atoms with Crippen molar-refractivity contribution in [2.24, 2.45) is 0 Å². The van der Waals surface area contributed by atoms with E-state index in [1.54, 1.807) is 18.2 Å². The molecule has 0 radical (unpaired) electrons. The fourth-order valence-electron chi connectivity index (χ4n) is 3.05. The second-order valence-corrected chi connectivity index (χ2v) is 8.10. The molecule has 5 nitrogen and oxygen atoms in total. The number of halogens is 1. The lowest BCUT2D eigenvalue weighted by Crippen LogP contribution is -2.35. The van der Waals surface area contributed by atoms with Crippen LogP contribution < -0.4 is 15.2 Å². The molecular weight excluding hydrogens is 491 g/mol. The molecule has 6 heteroatoms. The van der Waals surface area contributed by atoms with Crippen LogP contribution in [0.25, 0.3) is 6.08 Å². The number of nitrogens with one attached hydrogen (secondary N) is 1. The highest BCUT2D eigenvalue weighted by atomic mass is 127. The van der Waals surface area contributed by atoms with Gasteiger partial charge in [-0.2, -0.15) is 0 Å². The van der Waals surface area contributed by atoms with E-state index in [2.05, 4.69) is 47.1 Å². The molecule has 3 aromatic carbocycles. The number of hydrazine groups is 1. The van der Waals surface area contributed by atoms with Gasteiger partial charge >= 0.3 is 0 Å². The van der Waals surface area contributed by atoms with Gasteiger partial charge in [-0.3, -0.25) is 15.0 Å². The molecule has 150 valence electrons. The summed E-state index contributed by atoms with van der Waals surface area (Å²) < 4.78 is 6.82. The summed E-state index contributed by atoms with van der Waals surface area (Å²) in [5.41, 5.74) is 6.39. The van der Waals surface area contributed by atoms with Crippen LogP contribution in [0.1, 0.15) is 16.7 Å². The molecule has 1 heterocycles. The molecule has 1 saturated heterocycles.